The van der Waals surface area contributed by atoms with Crippen molar-refractivity contribution in [1.29, 1.82) is 0 Å². The fourth-order valence-corrected chi connectivity index (χ4v) is 1.13. The van der Waals surface area contributed by atoms with Crippen LogP contribution >= 0.6 is 35.5 Å². The van der Waals surface area contributed by atoms with E-state index in [1.165, 1.54) is 32.1 Å². The summed E-state index contributed by atoms with van der Waals surface area (Å²) in [6.07, 6.45) is 6.66. The Morgan fingerprint density at radius 3 is 1.64 bits per heavy atom. The molecule has 0 aromatic heterocycles. The minimum atomic E-state index is 0. The first kappa shape index (κ1) is 15.7. The Labute approximate surface area is 98.1 Å². The summed E-state index contributed by atoms with van der Waals surface area (Å²) in [6.45, 7) is 0. The molecule has 0 heterocycles. The summed E-state index contributed by atoms with van der Waals surface area (Å²) in [6, 6.07) is 0.536. The molecule has 1 nitrogen and oxygen atoms in total. The van der Waals surface area contributed by atoms with Gasteiger partial charge in [-0.25, -0.2) is 0 Å². The molecular weight excluding hydrogens is 566 g/mol. The summed E-state index contributed by atoms with van der Waals surface area (Å²) in [5.74, 6) is 0. The molecule has 0 amide bonds. The molecule has 0 unspecified atom stereocenters. The predicted octanol–water partition coefficient (Wildman–Crippen LogP) is 3.09. The fourth-order valence-electron chi connectivity index (χ4n) is 1.13. The Bertz CT molecular complexity index is 71.6. The van der Waals surface area contributed by atoms with Crippen molar-refractivity contribution in [2.75, 3.05) is 0 Å². The van der Waals surface area contributed by atoms with Crippen LogP contribution in [0.4, 0.5) is 4.70 Å². The molecule has 0 atom stereocenters. The first-order chi connectivity index (χ1) is 4.81. The quantitative estimate of drug-likeness (QED) is 0.347. The standard InChI is InChI=1S/C6H13N.F.2HI.Pb/c7-6-4-2-1-3-5-6;;;;/h6H,1-5,7H2;;2*1H;/q;;;;+2/p-2. The van der Waals surface area contributed by atoms with Crippen LogP contribution in [0.1, 0.15) is 32.1 Å². The molecule has 2 N–H and O–H groups in total. The molecule has 1 fully saturated rings. The second-order valence-corrected chi connectivity index (χ2v) is 30.6. The van der Waals surface area contributed by atoms with Crippen molar-refractivity contribution in [3.05, 3.63) is 0 Å². The van der Waals surface area contributed by atoms with E-state index in [1.54, 1.807) is 0 Å². The van der Waals surface area contributed by atoms with Gasteiger partial charge in [-0.3, -0.25) is 0 Å². The molecule has 11 heavy (non-hydrogen) atoms. The molecule has 0 aliphatic heterocycles. The Morgan fingerprint density at radius 1 is 1.09 bits per heavy atom. The van der Waals surface area contributed by atoms with Crippen molar-refractivity contribution in [2.45, 2.75) is 38.1 Å². The molecule has 1 aliphatic rings. The molecule has 1 rings (SSSR count). The van der Waals surface area contributed by atoms with Crippen LogP contribution in [-0.2, 0) is 0 Å². The van der Waals surface area contributed by atoms with E-state index in [-0.39, 0.29) is 20.4 Å². The Hall–Kier alpha value is 2.27. The van der Waals surface area contributed by atoms with Crippen LogP contribution in [0.5, 0.6) is 0 Å². The normalized spacial score (nSPS) is 17.7. The molecule has 5 heteroatoms. The third-order valence-electron chi connectivity index (χ3n) is 1.65. The Morgan fingerprint density at radius 2 is 1.45 bits per heavy atom. The first-order valence-corrected chi connectivity index (χ1v) is 25.4. The third kappa shape index (κ3) is 12.3. The van der Waals surface area contributed by atoms with Gasteiger partial charge in [0.1, 0.15) is 0 Å². The van der Waals surface area contributed by atoms with Crippen molar-refractivity contribution < 1.29 is 4.70 Å². The van der Waals surface area contributed by atoms with Gasteiger partial charge in [-0.15, -0.1) is 0 Å². The van der Waals surface area contributed by atoms with Gasteiger partial charge >= 0.3 is 51.2 Å². The van der Waals surface area contributed by atoms with Crippen molar-refractivity contribution >= 4 is 51.2 Å². The van der Waals surface area contributed by atoms with E-state index in [0.29, 0.717) is 6.04 Å². The maximum absolute atomic E-state index is 5.63. The number of hydrogen-bond acceptors (Lipinski definition) is 1. The topological polar surface area (TPSA) is 26.0 Å². The summed E-state index contributed by atoms with van der Waals surface area (Å²) < 4.78 is 0. The summed E-state index contributed by atoms with van der Waals surface area (Å²) in [5.41, 5.74) is 5.63. The molecule has 1 saturated carbocycles. The zero-order valence-electron chi connectivity index (χ0n) is 6.32. The van der Waals surface area contributed by atoms with E-state index in [0.717, 1.165) is 0 Å². The predicted molar refractivity (Wildman–Crippen MR) is 66.0 cm³/mol. The molecule has 0 aromatic carbocycles. The third-order valence-corrected chi connectivity index (χ3v) is 1.65. The average molecular weight is 579 g/mol. The van der Waals surface area contributed by atoms with E-state index in [9.17, 15) is 0 Å². The molecule has 3 radical (unpaired) electrons. The van der Waals surface area contributed by atoms with Crippen LogP contribution < -0.4 is 5.73 Å². The summed E-state index contributed by atoms with van der Waals surface area (Å²) >= 11 is 4.96. The average Bonchev–Trinajstić information content (AvgIpc) is 1.91. The molecule has 0 aromatic rings. The SMILES string of the molecule is NC1CCCCC1.[F].[I][Pb][I]. The summed E-state index contributed by atoms with van der Waals surface area (Å²) in [5, 5.41) is 0. The maximum atomic E-state index is 5.63. The van der Waals surface area contributed by atoms with Gasteiger partial charge < -0.3 is 5.73 Å². The van der Waals surface area contributed by atoms with Crippen molar-refractivity contribution in [2.24, 2.45) is 5.73 Å². The molecule has 1 aliphatic carbocycles. The number of rotatable bonds is 0. The fraction of sp³-hybridized carbons (Fsp3) is 1.00. The summed E-state index contributed by atoms with van der Waals surface area (Å²) in [7, 11) is 0. The van der Waals surface area contributed by atoms with Gasteiger partial charge in [0, 0.05) is 10.7 Å². The van der Waals surface area contributed by atoms with Crippen molar-refractivity contribution in [3.8, 4) is 0 Å². The first-order valence-electron chi connectivity index (χ1n) is 3.53. The van der Waals surface area contributed by atoms with E-state index in [2.05, 4.69) is 35.5 Å². The van der Waals surface area contributed by atoms with E-state index in [1.807, 2.05) is 0 Å². The van der Waals surface area contributed by atoms with Gasteiger partial charge in [0.2, 0.25) is 0 Å². The molecule has 0 spiro atoms. The molecule has 0 bridgehead atoms. The van der Waals surface area contributed by atoms with Crippen LogP contribution in [0.3, 0.4) is 0 Å². The van der Waals surface area contributed by atoms with Crippen molar-refractivity contribution in [1.82, 2.24) is 0 Å². The molecule has 67 valence electrons. The van der Waals surface area contributed by atoms with Crippen LogP contribution in [0.25, 0.3) is 0 Å². The van der Waals surface area contributed by atoms with E-state index in [4.69, 9.17) is 5.73 Å². The van der Waals surface area contributed by atoms with Crippen molar-refractivity contribution in [3.63, 3.8) is 0 Å². The van der Waals surface area contributed by atoms with Crippen LogP contribution in [0, 0.1) is 0 Å². The minimum absolute atomic E-state index is 0. The zero-order valence-corrected chi connectivity index (χ0v) is 14.5. The number of hydrogen-bond donors (Lipinski definition) is 1. The van der Waals surface area contributed by atoms with Gasteiger partial charge in [-0.2, -0.15) is 0 Å². The van der Waals surface area contributed by atoms with Gasteiger partial charge in [0.15, 0.2) is 0 Å². The van der Waals surface area contributed by atoms with Crippen LogP contribution in [0.15, 0.2) is 0 Å². The van der Waals surface area contributed by atoms with Gasteiger partial charge in [-0.05, 0) is 12.8 Å². The zero-order chi connectivity index (χ0) is 7.82. The van der Waals surface area contributed by atoms with Gasteiger partial charge in [0.05, 0.1) is 0 Å². The summed E-state index contributed by atoms with van der Waals surface area (Å²) in [4.78, 5) is 0. The van der Waals surface area contributed by atoms with E-state index >= 15 is 0 Å². The van der Waals surface area contributed by atoms with Gasteiger partial charge in [-0.1, -0.05) is 19.3 Å². The number of nitrogens with two attached hydrogens (primary N) is 1. The van der Waals surface area contributed by atoms with Gasteiger partial charge in [0.25, 0.3) is 0 Å². The second-order valence-electron chi connectivity index (χ2n) is 2.47. The van der Waals surface area contributed by atoms with E-state index < -0.39 is 0 Å². The molecular formula is C6H13FI2NPb. The second kappa shape index (κ2) is 12.3. The monoisotopic (exact) mass is 580 g/mol. The molecule has 0 saturated heterocycles. The number of halogens is 3. The van der Waals surface area contributed by atoms with Crippen LogP contribution in [0.2, 0.25) is 0 Å². The Balaban J connectivity index is 0. The Kier molecular flexibility index (Phi) is 17.6. The van der Waals surface area contributed by atoms with Crippen LogP contribution in [-0.4, -0.2) is 21.7 Å².